The number of fused-ring (bicyclic) bond motifs is 3. The minimum atomic E-state index is -0.358. The maximum atomic E-state index is 14.8. The third-order valence-electron chi connectivity index (χ3n) is 7.84. The van der Waals surface area contributed by atoms with Crippen molar-refractivity contribution >= 4 is 40.8 Å². The number of halogens is 2. The summed E-state index contributed by atoms with van der Waals surface area (Å²) < 4.78 is 14.8. The molecule has 1 fully saturated rings. The maximum absolute atomic E-state index is 14.8. The molecule has 0 radical (unpaired) electrons. The second-order valence-corrected chi connectivity index (χ2v) is 11.9. The van der Waals surface area contributed by atoms with Crippen LogP contribution in [-0.4, -0.2) is 76.1 Å². The van der Waals surface area contributed by atoms with E-state index in [9.17, 15) is 14.0 Å². The number of carbonyl (C=O) groups excluding carboxylic acids is 2. The Morgan fingerprint density at radius 1 is 0.978 bits per heavy atom. The zero-order valence-electron chi connectivity index (χ0n) is 25.1. The first-order valence-corrected chi connectivity index (χ1v) is 15.3. The fourth-order valence-corrected chi connectivity index (χ4v) is 5.80. The molecule has 0 saturated carbocycles. The van der Waals surface area contributed by atoms with Crippen LogP contribution in [0.1, 0.15) is 40.9 Å². The van der Waals surface area contributed by atoms with Gasteiger partial charge < -0.3 is 10.2 Å². The van der Waals surface area contributed by atoms with Gasteiger partial charge in [-0.25, -0.2) is 9.71 Å². The van der Waals surface area contributed by atoms with E-state index in [-0.39, 0.29) is 23.7 Å². The summed E-state index contributed by atoms with van der Waals surface area (Å²) in [6, 6.07) is 19.5. The third kappa shape index (κ3) is 6.93. The first kappa shape index (κ1) is 30.5. The molecule has 0 unspecified atom stereocenters. The molecule has 0 aliphatic carbocycles. The fourth-order valence-electron chi connectivity index (χ4n) is 5.62. The molecule has 1 saturated heterocycles. The Kier molecular flexibility index (Phi) is 8.97. The van der Waals surface area contributed by atoms with E-state index in [4.69, 9.17) is 21.6 Å². The highest BCUT2D eigenvalue weighted by molar-refractivity contribution is 6.31. The molecule has 4 aromatic rings. The zero-order chi connectivity index (χ0) is 31.5. The predicted octanol–water partition coefficient (Wildman–Crippen LogP) is 4.10. The summed E-state index contributed by atoms with van der Waals surface area (Å²) in [5.41, 5.74) is 5.41. The molecule has 0 bridgehead atoms. The van der Waals surface area contributed by atoms with Crippen molar-refractivity contribution in [3.63, 3.8) is 0 Å². The summed E-state index contributed by atoms with van der Waals surface area (Å²) in [4.78, 5) is 43.4. The van der Waals surface area contributed by atoms with Crippen molar-refractivity contribution in [3.8, 4) is 11.3 Å². The lowest BCUT2D eigenvalue weighted by molar-refractivity contribution is -0.487. The Bertz CT molecular complexity index is 1770. The predicted molar refractivity (Wildman–Crippen MR) is 172 cm³/mol. The quantitative estimate of drug-likeness (QED) is 0.301. The molecule has 3 aromatic carbocycles. The van der Waals surface area contributed by atoms with Crippen LogP contribution in [0.5, 0.6) is 0 Å². The van der Waals surface area contributed by atoms with E-state index < -0.39 is 0 Å². The standard InChI is InChI=1S/C34H33ClFN7O2/c1-21(2)39-30(44)20-42-13-15-43(16-14-42)33(45)22-7-10-25(11-8-22)40-34-38-19-23-18-37-32(27-5-3-4-6-29(27)36)28-17-24(35)9-12-26(28)31(23)41-34/h3-12,17,19,21H,13-16,18,20H2,1-2H3,(H,39,44)(H,38,40,41)/p+1. The van der Waals surface area contributed by atoms with Gasteiger partial charge in [0.2, 0.25) is 5.91 Å². The average Bonchev–Trinajstić information content (AvgIpc) is 3.17. The number of amides is 2. The summed E-state index contributed by atoms with van der Waals surface area (Å²) in [6.45, 7) is 6.96. The number of carbonyl (C=O) groups is 2. The van der Waals surface area contributed by atoms with Crippen LogP contribution in [0.15, 0.2) is 77.9 Å². The Hall–Kier alpha value is -4.51. The number of nitrogens with one attached hydrogen (secondary N) is 1. The molecule has 2 amide bonds. The lowest BCUT2D eigenvalue weighted by Crippen LogP contribution is -2.72. The van der Waals surface area contributed by atoms with Crippen LogP contribution in [0.2, 0.25) is 5.02 Å². The molecule has 45 heavy (non-hydrogen) atoms. The topological polar surface area (TPSA) is 107 Å². The number of nitrogens with two attached hydrogens (primary N) is 1. The molecule has 0 atom stereocenters. The van der Waals surface area contributed by atoms with Gasteiger partial charge in [0.1, 0.15) is 11.5 Å². The van der Waals surface area contributed by atoms with Gasteiger partial charge in [-0.05, 0) is 50.2 Å². The van der Waals surface area contributed by atoms with Gasteiger partial charge >= 0.3 is 5.95 Å². The summed E-state index contributed by atoms with van der Waals surface area (Å²) in [5, 5.41) is 5.29. The first-order chi connectivity index (χ1) is 21.7. The van der Waals surface area contributed by atoms with E-state index in [2.05, 4.69) is 15.2 Å². The van der Waals surface area contributed by atoms with Crippen molar-refractivity contribution in [1.82, 2.24) is 25.1 Å². The number of aliphatic imine (C=N–C) groups is 1. The number of benzene rings is 3. The van der Waals surface area contributed by atoms with E-state index >= 15 is 0 Å². The SMILES string of the molecule is CC(C)NC(=O)CN1CCN(C(=O)c2ccc([NH2+]c3ncc4c(n3)-c3ccc(Cl)cc3C(c3ccccc3F)=NC4)cc2)CC1. The van der Waals surface area contributed by atoms with Gasteiger partial charge in [-0.15, -0.1) is 0 Å². The lowest BCUT2D eigenvalue weighted by atomic mass is 9.95. The van der Waals surface area contributed by atoms with Crippen LogP contribution in [0.25, 0.3) is 11.3 Å². The van der Waals surface area contributed by atoms with Gasteiger partial charge in [0.05, 0.1) is 24.5 Å². The van der Waals surface area contributed by atoms with Crippen molar-refractivity contribution in [3.05, 3.63) is 106 Å². The molecule has 2 aliphatic rings. The number of hydrogen-bond donors (Lipinski definition) is 2. The lowest BCUT2D eigenvalue weighted by Gasteiger charge is -2.34. The van der Waals surface area contributed by atoms with E-state index in [1.165, 1.54) is 6.07 Å². The number of piperazine rings is 1. The smallest absolute Gasteiger partial charge is 0.331 e. The van der Waals surface area contributed by atoms with Crippen LogP contribution in [0.3, 0.4) is 0 Å². The van der Waals surface area contributed by atoms with E-state index in [1.54, 1.807) is 36.5 Å². The highest BCUT2D eigenvalue weighted by atomic mass is 35.5. The molecular weight excluding hydrogens is 593 g/mol. The van der Waals surface area contributed by atoms with Crippen LogP contribution in [-0.2, 0) is 11.3 Å². The largest absolute Gasteiger partial charge is 0.353 e. The van der Waals surface area contributed by atoms with Gasteiger partial charge in [0.25, 0.3) is 5.91 Å². The van der Waals surface area contributed by atoms with Crippen molar-refractivity contribution in [2.24, 2.45) is 4.99 Å². The van der Waals surface area contributed by atoms with E-state index in [1.807, 2.05) is 54.4 Å². The molecule has 0 spiro atoms. The van der Waals surface area contributed by atoms with E-state index in [0.29, 0.717) is 78.3 Å². The molecule has 1 aromatic heterocycles. The highest BCUT2D eigenvalue weighted by Crippen LogP contribution is 2.33. The maximum Gasteiger partial charge on any atom is 0.331 e. The van der Waals surface area contributed by atoms with Crippen LogP contribution < -0.4 is 10.6 Å². The number of quaternary nitrogens is 1. The minimum Gasteiger partial charge on any atom is -0.353 e. The number of nitrogens with zero attached hydrogens (tertiary/aromatic N) is 5. The Morgan fingerprint density at radius 2 is 1.73 bits per heavy atom. The van der Waals surface area contributed by atoms with Crippen LogP contribution in [0, 0.1) is 5.82 Å². The monoisotopic (exact) mass is 626 g/mol. The number of rotatable bonds is 7. The normalized spacial score (nSPS) is 14.8. The van der Waals surface area contributed by atoms with Gasteiger partial charge in [-0.1, -0.05) is 29.8 Å². The Balaban J connectivity index is 1.15. The Labute approximate surface area is 266 Å². The minimum absolute atomic E-state index is 0.00402. The van der Waals surface area contributed by atoms with Gasteiger partial charge in [0.15, 0.2) is 0 Å². The molecular formula is C34H34ClFN7O2+. The molecule has 9 nitrogen and oxygen atoms in total. The van der Waals surface area contributed by atoms with Crippen molar-refractivity contribution < 1.29 is 19.3 Å². The molecule has 3 heterocycles. The van der Waals surface area contributed by atoms with Crippen LogP contribution in [0.4, 0.5) is 16.0 Å². The fraction of sp³-hybridized carbons (Fsp3) is 0.265. The average molecular weight is 627 g/mol. The van der Waals surface area contributed by atoms with Gasteiger partial charge in [-0.2, -0.15) is 9.97 Å². The summed E-state index contributed by atoms with van der Waals surface area (Å²) in [7, 11) is 0. The molecule has 6 rings (SSSR count). The summed E-state index contributed by atoms with van der Waals surface area (Å²) in [6.07, 6.45) is 1.75. The van der Waals surface area contributed by atoms with Crippen molar-refractivity contribution in [2.45, 2.75) is 26.4 Å². The number of aromatic nitrogens is 2. The first-order valence-electron chi connectivity index (χ1n) is 15.0. The summed E-state index contributed by atoms with van der Waals surface area (Å²) in [5.74, 6) is 0.114. The second-order valence-electron chi connectivity index (χ2n) is 11.5. The second kappa shape index (κ2) is 13.2. The molecule has 11 heteroatoms. The Morgan fingerprint density at radius 3 is 2.47 bits per heavy atom. The van der Waals surface area contributed by atoms with Crippen LogP contribution >= 0.6 is 11.6 Å². The van der Waals surface area contributed by atoms with Crippen molar-refractivity contribution in [2.75, 3.05) is 32.7 Å². The third-order valence-corrected chi connectivity index (χ3v) is 8.08. The molecule has 2 aliphatic heterocycles. The summed E-state index contributed by atoms with van der Waals surface area (Å²) >= 11 is 6.38. The molecule has 230 valence electrons. The van der Waals surface area contributed by atoms with Crippen molar-refractivity contribution in [1.29, 1.82) is 0 Å². The van der Waals surface area contributed by atoms with Gasteiger partial charge in [-0.3, -0.25) is 19.5 Å². The van der Waals surface area contributed by atoms with E-state index in [0.717, 1.165) is 16.8 Å². The molecule has 3 N–H and O–H groups in total. The highest BCUT2D eigenvalue weighted by Gasteiger charge is 2.25. The van der Waals surface area contributed by atoms with Gasteiger partial charge in [0, 0.05) is 83.4 Å². The number of hydrogen-bond acceptors (Lipinski definition) is 6. The zero-order valence-corrected chi connectivity index (χ0v) is 25.9.